The van der Waals surface area contributed by atoms with Crippen molar-refractivity contribution in [3.8, 4) is 0 Å². The number of nitrogens with one attached hydrogen (secondary N) is 1. The minimum absolute atomic E-state index is 0.0802. The zero-order valence-corrected chi connectivity index (χ0v) is 10.5. The van der Waals surface area contributed by atoms with Gasteiger partial charge < -0.3 is 10.4 Å². The Labute approximate surface area is 106 Å². The van der Waals surface area contributed by atoms with Crippen molar-refractivity contribution < 1.29 is 14.7 Å². The fraction of sp³-hybridized carbons (Fsp3) is 0.417. The zero-order valence-electron chi connectivity index (χ0n) is 10.5. The van der Waals surface area contributed by atoms with E-state index >= 15 is 0 Å². The van der Waals surface area contributed by atoms with E-state index in [9.17, 15) is 9.59 Å². The molecule has 0 aliphatic rings. The number of amides is 2. The first-order valence-corrected chi connectivity index (χ1v) is 5.70. The van der Waals surface area contributed by atoms with Gasteiger partial charge in [0.1, 0.15) is 0 Å². The molecule has 6 nitrogen and oxygen atoms in total. The van der Waals surface area contributed by atoms with E-state index in [0.717, 1.165) is 0 Å². The van der Waals surface area contributed by atoms with Gasteiger partial charge in [-0.3, -0.25) is 14.7 Å². The van der Waals surface area contributed by atoms with Crippen molar-refractivity contribution in [2.45, 2.75) is 25.8 Å². The maximum absolute atomic E-state index is 11.9. The predicted octanol–water partition coefficient (Wildman–Crippen LogP) is 1.48. The topological polar surface area (TPSA) is 82.5 Å². The Morgan fingerprint density at radius 3 is 2.78 bits per heavy atom. The number of aromatic nitrogens is 1. The lowest BCUT2D eigenvalue weighted by Crippen LogP contribution is -2.43. The molecule has 1 atom stereocenters. The number of carboxylic acid groups (broad SMARTS) is 1. The van der Waals surface area contributed by atoms with Gasteiger partial charge in [-0.15, -0.1) is 0 Å². The summed E-state index contributed by atoms with van der Waals surface area (Å²) in [4.78, 5) is 27.8. The Balaban J connectivity index is 2.61. The van der Waals surface area contributed by atoms with E-state index in [0.29, 0.717) is 12.1 Å². The van der Waals surface area contributed by atoms with Gasteiger partial charge in [0, 0.05) is 19.3 Å². The van der Waals surface area contributed by atoms with Gasteiger partial charge in [-0.05, 0) is 18.6 Å². The van der Waals surface area contributed by atoms with Gasteiger partial charge in [-0.2, -0.15) is 0 Å². The molecule has 98 valence electrons. The molecule has 1 unspecified atom stereocenters. The van der Waals surface area contributed by atoms with Crippen LogP contribution in [0.1, 0.15) is 19.8 Å². The minimum atomic E-state index is -0.925. The Hall–Kier alpha value is -2.11. The highest BCUT2D eigenvalue weighted by Gasteiger charge is 2.17. The molecule has 6 heteroatoms. The number of pyridine rings is 1. The normalized spacial score (nSPS) is 11.7. The summed E-state index contributed by atoms with van der Waals surface area (Å²) >= 11 is 0. The first-order valence-electron chi connectivity index (χ1n) is 5.70. The summed E-state index contributed by atoms with van der Waals surface area (Å²) in [5.74, 6) is -0.925. The van der Waals surface area contributed by atoms with Crippen molar-refractivity contribution in [2.75, 3.05) is 11.9 Å². The van der Waals surface area contributed by atoms with Gasteiger partial charge >= 0.3 is 12.0 Å². The number of nitrogens with zero attached hydrogens (tertiary/aromatic N) is 2. The summed E-state index contributed by atoms with van der Waals surface area (Å²) in [6.45, 7) is 1.83. The van der Waals surface area contributed by atoms with Crippen LogP contribution in [0.25, 0.3) is 0 Å². The summed E-state index contributed by atoms with van der Waals surface area (Å²) in [5.41, 5.74) is 0.653. The standard InChI is InChI=1S/C12H17N3O3/c1-3-9(7-11(16)17)14-12(18)15(2)10-5-4-6-13-8-10/h4-6,8-9H,3,7H2,1-2H3,(H,14,18)(H,16,17). The fourth-order valence-electron chi connectivity index (χ4n) is 1.45. The van der Waals surface area contributed by atoms with E-state index in [1.165, 1.54) is 4.90 Å². The number of hydrogen-bond acceptors (Lipinski definition) is 3. The van der Waals surface area contributed by atoms with Crippen LogP contribution in [0.2, 0.25) is 0 Å². The SMILES string of the molecule is CCC(CC(=O)O)NC(=O)N(C)c1cccnc1. The molecule has 1 aromatic rings. The Kier molecular flexibility index (Phi) is 5.10. The highest BCUT2D eigenvalue weighted by molar-refractivity contribution is 5.91. The predicted molar refractivity (Wildman–Crippen MR) is 67.5 cm³/mol. The van der Waals surface area contributed by atoms with E-state index in [-0.39, 0.29) is 18.5 Å². The summed E-state index contributed by atoms with van der Waals surface area (Å²) < 4.78 is 0. The van der Waals surface area contributed by atoms with Crippen LogP contribution in [0, 0.1) is 0 Å². The van der Waals surface area contributed by atoms with E-state index < -0.39 is 5.97 Å². The third kappa shape index (κ3) is 4.04. The smallest absolute Gasteiger partial charge is 0.321 e. The van der Waals surface area contributed by atoms with Crippen molar-refractivity contribution in [1.29, 1.82) is 0 Å². The van der Waals surface area contributed by atoms with Crippen molar-refractivity contribution in [1.82, 2.24) is 10.3 Å². The van der Waals surface area contributed by atoms with Crippen LogP contribution < -0.4 is 10.2 Å². The summed E-state index contributed by atoms with van der Waals surface area (Å²) in [6.07, 6.45) is 3.67. The highest BCUT2D eigenvalue weighted by Crippen LogP contribution is 2.10. The van der Waals surface area contributed by atoms with Crippen molar-refractivity contribution in [3.63, 3.8) is 0 Å². The zero-order chi connectivity index (χ0) is 13.5. The summed E-state index contributed by atoms with van der Waals surface area (Å²) in [6, 6.07) is 2.78. The largest absolute Gasteiger partial charge is 0.481 e. The first-order chi connectivity index (χ1) is 8.54. The van der Waals surface area contributed by atoms with Gasteiger partial charge in [0.2, 0.25) is 0 Å². The molecule has 2 amide bonds. The van der Waals surface area contributed by atoms with Crippen molar-refractivity contribution >= 4 is 17.7 Å². The van der Waals surface area contributed by atoms with Crippen molar-refractivity contribution in [3.05, 3.63) is 24.5 Å². The molecule has 1 heterocycles. The number of carbonyl (C=O) groups excluding carboxylic acids is 1. The summed E-state index contributed by atoms with van der Waals surface area (Å²) in [5, 5.41) is 11.4. The molecule has 2 N–H and O–H groups in total. The molecular weight excluding hydrogens is 234 g/mol. The van der Waals surface area contributed by atoms with E-state index in [2.05, 4.69) is 10.3 Å². The lowest BCUT2D eigenvalue weighted by atomic mass is 10.1. The Morgan fingerprint density at radius 1 is 1.56 bits per heavy atom. The lowest BCUT2D eigenvalue weighted by Gasteiger charge is -2.21. The molecule has 0 aliphatic carbocycles. The van der Waals surface area contributed by atoms with Gasteiger partial charge in [-0.25, -0.2) is 4.79 Å². The quantitative estimate of drug-likeness (QED) is 0.830. The number of carbonyl (C=O) groups is 2. The fourth-order valence-corrected chi connectivity index (χ4v) is 1.45. The van der Waals surface area contributed by atoms with E-state index in [4.69, 9.17) is 5.11 Å². The molecule has 0 fully saturated rings. The highest BCUT2D eigenvalue weighted by atomic mass is 16.4. The number of anilines is 1. The van der Waals surface area contributed by atoms with Crippen LogP contribution in [0.15, 0.2) is 24.5 Å². The third-order valence-electron chi connectivity index (χ3n) is 2.58. The van der Waals surface area contributed by atoms with Gasteiger partial charge in [0.05, 0.1) is 18.3 Å². The Morgan fingerprint density at radius 2 is 2.28 bits per heavy atom. The number of aliphatic carboxylic acids is 1. The first kappa shape index (κ1) is 14.0. The molecule has 0 aliphatic heterocycles. The van der Waals surface area contributed by atoms with Crippen LogP contribution in [0.4, 0.5) is 10.5 Å². The van der Waals surface area contributed by atoms with Crippen LogP contribution in [-0.4, -0.2) is 35.2 Å². The van der Waals surface area contributed by atoms with Crippen molar-refractivity contribution in [2.24, 2.45) is 0 Å². The molecule has 0 bridgehead atoms. The monoisotopic (exact) mass is 251 g/mol. The Bertz CT molecular complexity index is 408. The molecule has 0 aromatic carbocycles. The number of urea groups is 1. The number of carboxylic acids is 1. The van der Waals surface area contributed by atoms with Crippen LogP contribution in [0.5, 0.6) is 0 Å². The second kappa shape index (κ2) is 6.58. The molecule has 0 saturated carbocycles. The molecule has 1 aromatic heterocycles. The number of rotatable bonds is 5. The average molecular weight is 251 g/mol. The molecule has 18 heavy (non-hydrogen) atoms. The van der Waals surface area contributed by atoms with Crippen LogP contribution >= 0.6 is 0 Å². The maximum atomic E-state index is 11.9. The average Bonchev–Trinajstić information content (AvgIpc) is 2.37. The maximum Gasteiger partial charge on any atom is 0.321 e. The van der Waals surface area contributed by atoms with Gasteiger partial charge in [-0.1, -0.05) is 6.92 Å². The van der Waals surface area contributed by atoms with E-state index in [1.807, 2.05) is 6.92 Å². The summed E-state index contributed by atoms with van der Waals surface area (Å²) in [7, 11) is 1.61. The van der Waals surface area contributed by atoms with Gasteiger partial charge in [0.25, 0.3) is 0 Å². The molecule has 0 saturated heterocycles. The molecular formula is C12H17N3O3. The molecule has 0 radical (unpaired) electrons. The van der Waals surface area contributed by atoms with Crippen LogP contribution in [0.3, 0.4) is 0 Å². The lowest BCUT2D eigenvalue weighted by molar-refractivity contribution is -0.137. The second-order valence-corrected chi connectivity index (χ2v) is 3.92. The molecule has 0 spiro atoms. The molecule has 1 rings (SSSR count). The van der Waals surface area contributed by atoms with Gasteiger partial charge in [0.15, 0.2) is 0 Å². The third-order valence-corrected chi connectivity index (χ3v) is 2.58. The van der Waals surface area contributed by atoms with E-state index in [1.54, 1.807) is 31.6 Å². The minimum Gasteiger partial charge on any atom is -0.481 e. The van der Waals surface area contributed by atoms with Crippen LogP contribution in [-0.2, 0) is 4.79 Å². The second-order valence-electron chi connectivity index (χ2n) is 3.92. The number of hydrogen-bond donors (Lipinski definition) is 2.